The van der Waals surface area contributed by atoms with Crippen molar-refractivity contribution in [3.63, 3.8) is 0 Å². The maximum atomic E-state index is 10.8. The molecule has 15 heavy (non-hydrogen) atoms. The minimum absolute atomic E-state index is 0.217. The number of nitrogens with two attached hydrogens (primary N) is 1. The normalized spacial score (nSPS) is 11.3. The van der Waals surface area contributed by atoms with Gasteiger partial charge in [0.25, 0.3) is 0 Å². The largest absolute Gasteiger partial charge is 0.369 e. The van der Waals surface area contributed by atoms with Crippen molar-refractivity contribution in [3.8, 4) is 0 Å². The molecule has 5 nitrogen and oxygen atoms in total. The second-order valence-corrected chi connectivity index (χ2v) is 5.06. The quantitative estimate of drug-likeness (QED) is 0.840. The summed E-state index contributed by atoms with van der Waals surface area (Å²) in [5.41, 5.74) is 5.15. The van der Waals surface area contributed by atoms with Crippen molar-refractivity contribution < 1.29 is 4.79 Å². The summed E-state index contributed by atoms with van der Waals surface area (Å²) >= 11 is 6.97. The summed E-state index contributed by atoms with van der Waals surface area (Å²) in [5, 5.41) is 8.37. The van der Waals surface area contributed by atoms with E-state index in [9.17, 15) is 4.79 Å². The highest BCUT2D eigenvalue weighted by molar-refractivity contribution is 7.15. The minimum Gasteiger partial charge on any atom is -0.369 e. The number of carbonyl (C=O) groups is 1. The monoisotopic (exact) mass is 248 g/mol. The first-order valence-corrected chi connectivity index (χ1v) is 5.68. The molecule has 0 atom stereocenters. The second-order valence-electron chi connectivity index (χ2n) is 3.41. The zero-order chi connectivity index (χ0) is 11.4. The van der Waals surface area contributed by atoms with Crippen molar-refractivity contribution >= 4 is 28.8 Å². The van der Waals surface area contributed by atoms with Crippen LogP contribution in [0.3, 0.4) is 0 Å². The average Bonchev–Trinajstić information content (AvgIpc) is 2.49. The highest BCUT2D eigenvalue weighted by atomic mass is 35.5. The van der Waals surface area contributed by atoms with Crippen LogP contribution in [0.25, 0.3) is 0 Å². The highest BCUT2D eigenvalue weighted by Crippen LogP contribution is 2.17. The Morgan fingerprint density at radius 2 is 2.27 bits per heavy atom. The molecule has 0 saturated carbocycles. The molecule has 1 aromatic rings. The molecule has 0 fully saturated rings. The number of rotatable bonds is 5. The van der Waals surface area contributed by atoms with Gasteiger partial charge >= 0.3 is 0 Å². The van der Waals surface area contributed by atoms with Crippen molar-refractivity contribution in [2.75, 3.05) is 6.54 Å². The number of halogens is 1. The van der Waals surface area contributed by atoms with Crippen LogP contribution in [0, 0.1) is 0 Å². The van der Waals surface area contributed by atoms with Gasteiger partial charge in [0.1, 0.15) is 5.01 Å². The molecule has 1 aromatic heterocycles. The fraction of sp³-hybridized carbons (Fsp3) is 0.625. The van der Waals surface area contributed by atoms with Crippen LogP contribution in [0.4, 0.5) is 0 Å². The van der Waals surface area contributed by atoms with Gasteiger partial charge in [0.2, 0.25) is 10.4 Å². The van der Waals surface area contributed by atoms with E-state index in [1.807, 2.05) is 18.7 Å². The zero-order valence-electron chi connectivity index (χ0n) is 8.61. The third kappa shape index (κ3) is 4.11. The molecule has 0 saturated heterocycles. The average molecular weight is 249 g/mol. The summed E-state index contributed by atoms with van der Waals surface area (Å²) in [6.45, 7) is 4.75. The molecule has 7 heteroatoms. The third-order valence-electron chi connectivity index (χ3n) is 1.87. The molecular weight excluding hydrogens is 236 g/mol. The Hall–Kier alpha value is -0.720. The first kappa shape index (κ1) is 12.4. The molecular formula is C8H13ClN4OS. The molecule has 0 aliphatic heterocycles. The molecule has 0 unspecified atom stereocenters. The molecule has 0 aliphatic rings. The molecule has 0 radical (unpaired) electrons. The van der Waals surface area contributed by atoms with Gasteiger partial charge in [-0.25, -0.2) is 0 Å². The first-order chi connectivity index (χ1) is 6.99. The minimum atomic E-state index is -0.348. The second kappa shape index (κ2) is 5.39. The third-order valence-corrected chi connectivity index (χ3v) is 2.87. The topological polar surface area (TPSA) is 72.1 Å². The SMILES string of the molecule is CC(C)N(CC(N)=O)Cc1nnc(Cl)s1. The molecule has 0 spiro atoms. The molecule has 0 aromatic carbocycles. The Morgan fingerprint density at radius 3 is 2.67 bits per heavy atom. The first-order valence-electron chi connectivity index (χ1n) is 4.49. The lowest BCUT2D eigenvalue weighted by Crippen LogP contribution is -2.37. The molecule has 0 bridgehead atoms. The standard InChI is InChI=1S/C8H13ClN4OS/c1-5(2)13(3-6(10)14)4-7-11-12-8(9)15-7/h5H,3-4H2,1-2H3,(H2,10,14). The molecule has 1 amide bonds. The summed E-state index contributed by atoms with van der Waals surface area (Å²) in [6, 6.07) is 0.222. The fourth-order valence-corrected chi connectivity index (χ4v) is 1.99. The van der Waals surface area contributed by atoms with Gasteiger partial charge < -0.3 is 5.73 Å². The summed E-state index contributed by atoms with van der Waals surface area (Å²) < 4.78 is 0.410. The van der Waals surface area contributed by atoms with Crippen molar-refractivity contribution in [2.24, 2.45) is 5.73 Å². The van der Waals surface area contributed by atoms with Crippen molar-refractivity contribution in [3.05, 3.63) is 9.47 Å². The van der Waals surface area contributed by atoms with E-state index < -0.39 is 0 Å². The van der Waals surface area contributed by atoms with E-state index in [0.29, 0.717) is 11.0 Å². The Morgan fingerprint density at radius 1 is 1.60 bits per heavy atom. The van der Waals surface area contributed by atoms with E-state index >= 15 is 0 Å². The fourth-order valence-electron chi connectivity index (χ4n) is 1.09. The van der Waals surface area contributed by atoms with Crippen LogP contribution in [0.15, 0.2) is 0 Å². The Bertz CT molecular complexity index is 341. The zero-order valence-corrected chi connectivity index (χ0v) is 10.2. The molecule has 0 aliphatic carbocycles. The lowest BCUT2D eigenvalue weighted by atomic mass is 10.3. The van der Waals surface area contributed by atoms with E-state index in [4.69, 9.17) is 17.3 Å². The lowest BCUT2D eigenvalue weighted by molar-refractivity contribution is -0.119. The molecule has 1 rings (SSSR count). The number of hydrogen-bond acceptors (Lipinski definition) is 5. The van der Waals surface area contributed by atoms with Crippen LogP contribution in [-0.2, 0) is 11.3 Å². The predicted molar refractivity (Wildman–Crippen MR) is 59.7 cm³/mol. The number of primary amides is 1. The van der Waals surface area contributed by atoms with E-state index in [-0.39, 0.29) is 18.5 Å². The van der Waals surface area contributed by atoms with Gasteiger partial charge in [0.05, 0.1) is 13.1 Å². The van der Waals surface area contributed by atoms with E-state index in [1.165, 1.54) is 11.3 Å². The summed E-state index contributed by atoms with van der Waals surface area (Å²) in [4.78, 5) is 12.7. The summed E-state index contributed by atoms with van der Waals surface area (Å²) in [6.07, 6.45) is 0. The van der Waals surface area contributed by atoms with Crippen LogP contribution >= 0.6 is 22.9 Å². The maximum absolute atomic E-state index is 10.8. The number of carbonyl (C=O) groups excluding carboxylic acids is 1. The maximum Gasteiger partial charge on any atom is 0.231 e. The van der Waals surface area contributed by atoms with Crippen molar-refractivity contribution in [1.82, 2.24) is 15.1 Å². The van der Waals surface area contributed by atoms with Crippen LogP contribution in [0.2, 0.25) is 4.47 Å². The molecule has 2 N–H and O–H groups in total. The van der Waals surface area contributed by atoms with Gasteiger partial charge in [-0.05, 0) is 25.4 Å². The summed E-state index contributed by atoms with van der Waals surface area (Å²) in [5.74, 6) is -0.348. The Kier molecular flexibility index (Phi) is 4.44. The number of nitrogens with zero attached hydrogens (tertiary/aromatic N) is 3. The van der Waals surface area contributed by atoms with Gasteiger partial charge in [-0.3, -0.25) is 9.69 Å². The van der Waals surface area contributed by atoms with Gasteiger partial charge in [0, 0.05) is 6.04 Å². The van der Waals surface area contributed by atoms with Crippen molar-refractivity contribution in [1.29, 1.82) is 0 Å². The van der Waals surface area contributed by atoms with Crippen molar-refractivity contribution in [2.45, 2.75) is 26.4 Å². The van der Waals surface area contributed by atoms with Gasteiger partial charge in [0.15, 0.2) is 0 Å². The van der Waals surface area contributed by atoms with E-state index in [0.717, 1.165) is 5.01 Å². The Balaban J connectivity index is 2.62. The predicted octanol–water partition coefficient (Wildman–Crippen LogP) is 0.887. The summed E-state index contributed by atoms with van der Waals surface area (Å²) in [7, 11) is 0. The molecule has 1 heterocycles. The smallest absolute Gasteiger partial charge is 0.231 e. The Labute approximate surface area is 97.2 Å². The number of amides is 1. The van der Waals surface area contributed by atoms with Crippen LogP contribution in [0.5, 0.6) is 0 Å². The molecule has 84 valence electrons. The highest BCUT2D eigenvalue weighted by Gasteiger charge is 2.14. The van der Waals surface area contributed by atoms with Gasteiger partial charge in [-0.15, -0.1) is 10.2 Å². The number of aromatic nitrogens is 2. The number of hydrogen-bond donors (Lipinski definition) is 1. The van der Waals surface area contributed by atoms with Crippen LogP contribution in [-0.4, -0.2) is 33.6 Å². The van der Waals surface area contributed by atoms with Crippen LogP contribution < -0.4 is 5.73 Å². The van der Waals surface area contributed by atoms with E-state index in [2.05, 4.69) is 10.2 Å². The van der Waals surface area contributed by atoms with Gasteiger partial charge in [-0.1, -0.05) is 11.3 Å². The lowest BCUT2D eigenvalue weighted by Gasteiger charge is -2.23. The van der Waals surface area contributed by atoms with Gasteiger partial charge in [-0.2, -0.15) is 0 Å². The van der Waals surface area contributed by atoms with Crippen LogP contribution in [0.1, 0.15) is 18.9 Å². The van der Waals surface area contributed by atoms with E-state index in [1.54, 1.807) is 0 Å².